The molecule has 1 aliphatic carbocycles. The standard InChI is InChI=1S/C21H26N2O3S.C14H16N2O2S/c1-4-18-19(25)22-21(26)23(11-15-6-5-7-16(15)12-24)20(18)27-17-9-13(2)8-14(3)10-17;1-4-11-12(17)15-14(18)16-13(11)19-10-6-8(2)5-9(3)7-10/h6,8-10,16,24H,4-5,7,11-12H2,1-3H3,(H,22,25,26);5-7H,4H2,1-3H3,(H2,15,16,17,18). The molecule has 0 saturated heterocycles. The van der Waals surface area contributed by atoms with Crippen molar-refractivity contribution in [3.8, 4) is 0 Å². The summed E-state index contributed by atoms with van der Waals surface area (Å²) in [5, 5.41) is 10.9. The molecule has 0 amide bonds. The van der Waals surface area contributed by atoms with E-state index in [4.69, 9.17) is 0 Å². The third kappa shape index (κ3) is 8.71. The van der Waals surface area contributed by atoms with Gasteiger partial charge in [0, 0.05) is 40.0 Å². The zero-order valence-electron chi connectivity index (χ0n) is 27.2. The minimum Gasteiger partial charge on any atom is -0.396 e. The molecular weight excluding hydrogens is 621 g/mol. The first-order valence-electron chi connectivity index (χ1n) is 15.5. The minimum absolute atomic E-state index is 0.0874. The summed E-state index contributed by atoms with van der Waals surface area (Å²) in [4.78, 5) is 57.6. The number of aromatic nitrogens is 4. The van der Waals surface area contributed by atoms with Crippen molar-refractivity contribution in [1.29, 1.82) is 0 Å². The van der Waals surface area contributed by atoms with Crippen LogP contribution in [0.2, 0.25) is 0 Å². The summed E-state index contributed by atoms with van der Waals surface area (Å²) in [6, 6.07) is 12.4. The predicted octanol–water partition coefficient (Wildman–Crippen LogP) is 5.59. The van der Waals surface area contributed by atoms with Crippen LogP contribution in [0.5, 0.6) is 0 Å². The highest BCUT2D eigenvalue weighted by molar-refractivity contribution is 7.99. The molecule has 4 N–H and O–H groups in total. The van der Waals surface area contributed by atoms with Gasteiger partial charge in [0.1, 0.15) is 0 Å². The maximum absolute atomic E-state index is 12.6. The summed E-state index contributed by atoms with van der Waals surface area (Å²) in [5.74, 6) is 0.0907. The normalized spacial score (nSPS) is 14.2. The largest absolute Gasteiger partial charge is 0.396 e. The molecule has 1 aliphatic rings. The van der Waals surface area contributed by atoms with Crippen LogP contribution in [0.4, 0.5) is 0 Å². The Bertz CT molecular complexity index is 1950. The van der Waals surface area contributed by atoms with Crippen molar-refractivity contribution in [2.45, 2.75) is 93.6 Å². The number of rotatable bonds is 9. The fourth-order valence-electron chi connectivity index (χ4n) is 5.68. The summed E-state index contributed by atoms with van der Waals surface area (Å²) >= 11 is 2.89. The summed E-state index contributed by atoms with van der Waals surface area (Å²) in [7, 11) is 0. The van der Waals surface area contributed by atoms with Crippen LogP contribution in [-0.4, -0.2) is 31.2 Å². The van der Waals surface area contributed by atoms with Gasteiger partial charge in [0.2, 0.25) is 0 Å². The van der Waals surface area contributed by atoms with Crippen molar-refractivity contribution < 1.29 is 5.11 Å². The van der Waals surface area contributed by atoms with E-state index in [2.05, 4.69) is 45.3 Å². The third-order valence-electron chi connectivity index (χ3n) is 7.78. The van der Waals surface area contributed by atoms with E-state index < -0.39 is 11.4 Å². The number of aliphatic hydroxyl groups is 1. The molecule has 46 heavy (non-hydrogen) atoms. The molecule has 0 bridgehead atoms. The Kier molecular flexibility index (Phi) is 11.9. The molecule has 0 spiro atoms. The molecule has 0 fully saturated rings. The molecule has 1 atom stereocenters. The lowest BCUT2D eigenvalue weighted by molar-refractivity contribution is 0.242. The zero-order chi connectivity index (χ0) is 33.5. The lowest BCUT2D eigenvalue weighted by Gasteiger charge is -2.18. The van der Waals surface area contributed by atoms with E-state index in [1.165, 1.54) is 23.5 Å². The van der Waals surface area contributed by atoms with Crippen molar-refractivity contribution in [2.75, 3.05) is 6.61 Å². The Labute approximate surface area is 276 Å². The molecule has 9 nitrogen and oxygen atoms in total. The van der Waals surface area contributed by atoms with E-state index in [1.807, 2.05) is 53.7 Å². The van der Waals surface area contributed by atoms with Gasteiger partial charge < -0.3 is 10.1 Å². The maximum atomic E-state index is 12.6. The number of aromatic amines is 3. The highest BCUT2D eigenvalue weighted by atomic mass is 32.2. The quantitative estimate of drug-likeness (QED) is 0.135. The lowest BCUT2D eigenvalue weighted by Crippen LogP contribution is -2.34. The van der Waals surface area contributed by atoms with E-state index in [9.17, 15) is 24.3 Å². The summed E-state index contributed by atoms with van der Waals surface area (Å²) < 4.78 is 1.66. The average Bonchev–Trinajstić information content (AvgIpc) is 3.41. The average molecular weight is 663 g/mol. The number of aryl methyl sites for hydroxylation is 4. The highest BCUT2D eigenvalue weighted by Gasteiger charge is 2.22. The number of nitrogens with one attached hydrogen (secondary N) is 3. The fourth-order valence-corrected chi connectivity index (χ4v) is 8.24. The van der Waals surface area contributed by atoms with Crippen LogP contribution in [0.15, 0.2) is 87.1 Å². The Morgan fingerprint density at radius 2 is 1.30 bits per heavy atom. The minimum atomic E-state index is -0.464. The van der Waals surface area contributed by atoms with Crippen LogP contribution in [0.1, 0.15) is 60.1 Å². The van der Waals surface area contributed by atoms with Crippen LogP contribution in [0, 0.1) is 33.6 Å². The van der Waals surface area contributed by atoms with Crippen molar-refractivity contribution >= 4 is 23.5 Å². The Hall–Kier alpha value is -3.80. The van der Waals surface area contributed by atoms with Gasteiger partial charge in [0.05, 0.1) is 10.1 Å². The summed E-state index contributed by atoms with van der Waals surface area (Å²) in [6.45, 7) is 12.4. The number of H-pyrrole nitrogens is 3. The maximum Gasteiger partial charge on any atom is 0.329 e. The SMILES string of the molecule is CCc1c(Sc2cc(C)cc(C)c2)[nH]c(=O)[nH]c1=O.CCc1c(Sc2cc(C)cc(C)c2)n(CC2=CCCC2CO)c(=O)[nH]c1=O. The van der Waals surface area contributed by atoms with Crippen LogP contribution < -0.4 is 22.5 Å². The molecule has 2 aromatic carbocycles. The van der Waals surface area contributed by atoms with Crippen molar-refractivity contribution in [3.63, 3.8) is 0 Å². The topological polar surface area (TPSA) is 141 Å². The van der Waals surface area contributed by atoms with E-state index in [0.29, 0.717) is 40.6 Å². The Balaban J connectivity index is 0.000000222. The van der Waals surface area contributed by atoms with Gasteiger partial charge in [0.15, 0.2) is 0 Å². The molecule has 4 aromatic rings. The van der Waals surface area contributed by atoms with Gasteiger partial charge >= 0.3 is 11.4 Å². The summed E-state index contributed by atoms with van der Waals surface area (Å²) in [6.07, 6.45) is 5.06. The molecule has 11 heteroatoms. The Morgan fingerprint density at radius 3 is 1.85 bits per heavy atom. The van der Waals surface area contributed by atoms with Gasteiger partial charge in [0.25, 0.3) is 11.1 Å². The van der Waals surface area contributed by atoms with Crippen LogP contribution in [0.3, 0.4) is 0 Å². The second kappa shape index (κ2) is 15.7. The van der Waals surface area contributed by atoms with Crippen LogP contribution in [-0.2, 0) is 19.4 Å². The number of hydrogen-bond acceptors (Lipinski definition) is 7. The highest BCUT2D eigenvalue weighted by Crippen LogP contribution is 2.33. The Morgan fingerprint density at radius 1 is 0.761 bits per heavy atom. The van der Waals surface area contributed by atoms with E-state index in [0.717, 1.165) is 50.5 Å². The molecule has 2 aromatic heterocycles. The fraction of sp³-hybridized carbons (Fsp3) is 0.371. The predicted molar refractivity (Wildman–Crippen MR) is 186 cm³/mol. The first-order chi connectivity index (χ1) is 21.9. The third-order valence-corrected chi connectivity index (χ3v) is 9.94. The van der Waals surface area contributed by atoms with Crippen LogP contribution in [0.25, 0.3) is 0 Å². The van der Waals surface area contributed by atoms with Gasteiger partial charge in [-0.15, -0.1) is 0 Å². The second-order valence-electron chi connectivity index (χ2n) is 11.6. The molecule has 5 rings (SSSR count). The van der Waals surface area contributed by atoms with E-state index in [-0.39, 0.29) is 23.6 Å². The molecule has 1 unspecified atom stereocenters. The van der Waals surface area contributed by atoms with Gasteiger partial charge in [-0.2, -0.15) is 0 Å². The van der Waals surface area contributed by atoms with Gasteiger partial charge in [-0.05, 0) is 105 Å². The van der Waals surface area contributed by atoms with Crippen molar-refractivity contribution in [3.05, 3.63) is 123 Å². The molecular formula is C35H42N4O5S2. The smallest absolute Gasteiger partial charge is 0.329 e. The first kappa shape index (κ1) is 35.1. The number of benzene rings is 2. The first-order valence-corrected chi connectivity index (χ1v) is 17.1. The molecule has 0 aliphatic heterocycles. The van der Waals surface area contributed by atoms with Gasteiger partial charge in [-0.3, -0.25) is 24.1 Å². The number of aliphatic hydroxyl groups excluding tert-OH is 1. The number of hydrogen-bond donors (Lipinski definition) is 4. The number of nitrogens with zero attached hydrogens (tertiary/aromatic N) is 1. The zero-order valence-corrected chi connectivity index (χ0v) is 28.8. The molecule has 0 radical (unpaired) electrons. The molecule has 0 saturated carbocycles. The summed E-state index contributed by atoms with van der Waals surface area (Å²) in [5.41, 5.74) is 5.44. The van der Waals surface area contributed by atoms with Crippen LogP contribution >= 0.6 is 23.5 Å². The monoisotopic (exact) mass is 662 g/mol. The number of allylic oxidation sites excluding steroid dienone is 1. The van der Waals surface area contributed by atoms with E-state index >= 15 is 0 Å². The van der Waals surface area contributed by atoms with Gasteiger partial charge in [-0.25, -0.2) is 9.59 Å². The molecule has 244 valence electrons. The van der Waals surface area contributed by atoms with E-state index in [1.54, 1.807) is 4.57 Å². The van der Waals surface area contributed by atoms with Gasteiger partial charge in [-0.1, -0.05) is 55.6 Å². The second-order valence-corrected chi connectivity index (χ2v) is 13.8. The lowest BCUT2D eigenvalue weighted by atomic mass is 10.0. The van der Waals surface area contributed by atoms with Crippen molar-refractivity contribution in [2.24, 2.45) is 5.92 Å². The molecule has 2 heterocycles. The van der Waals surface area contributed by atoms with Crippen molar-refractivity contribution in [1.82, 2.24) is 19.5 Å².